The second-order valence-corrected chi connectivity index (χ2v) is 5.07. The first-order valence-electron chi connectivity index (χ1n) is 6.52. The maximum atomic E-state index is 12.2. The highest BCUT2D eigenvalue weighted by Gasteiger charge is 2.29. The van der Waals surface area contributed by atoms with E-state index in [1.807, 2.05) is 38.6 Å². The first-order chi connectivity index (χ1) is 8.68. The van der Waals surface area contributed by atoms with Crippen LogP contribution in [0, 0.1) is 0 Å². The Balaban J connectivity index is 2.06. The van der Waals surface area contributed by atoms with Gasteiger partial charge in [0.1, 0.15) is 0 Å². The van der Waals surface area contributed by atoms with Crippen molar-refractivity contribution < 1.29 is 4.79 Å². The molecule has 98 valence electrons. The molecule has 1 fully saturated rings. The van der Waals surface area contributed by atoms with Crippen LogP contribution in [0.2, 0.25) is 0 Å². The fourth-order valence-electron chi connectivity index (χ4n) is 2.48. The molecule has 4 nitrogen and oxygen atoms in total. The van der Waals surface area contributed by atoms with Crippen LogP contribution in [0.3, 0.4) is 0 Å². The molecule has 1 atom stereocenters. The summed E-state index contributed by atoms with van der Waals surface area (Å²) in [5.41, 5.74) is 1.23. The highest BCUT2D eigenvalue weighted by atomic mass is 16.2. The van der Waals surface area contributed by atoms with E-state index in [0.29, 0.717) is 0 Å². The average Bonchev–Trinajstić information content (AvgIpc) is 2.39. The summed E-state index contributed by atoms with van der Waals surface area (Å²) in [5.74, 6) is 0.226. The van der Waals surface area contributed by atoms with E-state index in [2.05, 4.69) is 9.88 Å². The van der Waals surface area contributed by atoms with Crippen LogP contribution in [-0.4, -0.2) is 47.4 Å². The van der Waals surface area contributed by atoms with Crippen LogP contribution in [0.4, 0.5) is 0 Å². The van der Waals surface area contributed by atoms with Crippen molar-refractivity contribution in [1.82, 2.24) is 14.8 Å². The lowest BCUT2D eigenvalue weighted by atomic mass is 10.0. The number of hydrogen-bond acceptors (Lipinski definition) is 3. The summed E-state index contributed by atoms with van der Waals surface area (Å²) < 4.78 is 0. The van der Waals surface area contributed by atoms with Crippen molar-refractivity contribution in [2.45, 2.75) is 31.8 Å². The number of amides is 1. The summed E-state index contributed by atoms with van der Waals surface area (Å²) in [5, 5.41) is 0. The topological polar surface area (TPSA) is 36.4 Å². The quantitative estimate of drug-likeness (QED) is 0.812. The first-order valence-corrected chi connectivity index (χ1v) is 6.52. The lowest BCUT2D eigenvalue weighted by molar-refractivity contribution is -0.136. The minimum Gasteiger partial charge on any atom is -0.347 e. The monoisotopic (exact) mass is 247 g/mol. The van der Waals surface area contributed by atoms with Crippen LogP contribution < -0.4 is 0 Å². The van der Waals surface area contributed by atoms with Crippen molar-refractivity contribution in [3.63, 3.8) is 0 Å². The number of hydrogen-bond donors (Lipinski definition) is 0. The van der Waals surface area contributed by atoms with E-state index in [-0.39, 0.29) is 11.9 Å². The van der Waals surface area contributed by atoms with E-state index in [9.17, 15) is 4.79 Å². The molecule has 0 radical (unpaired) electrons. The number of likely N-dealkylation sites (N-methyl/N-ethyl adjacent to an activating group) is 1. The first kappa shape index (κ1) is 13.0. The minimum absolute atomic E-state index is 0.0434. The van der Waals surface area contributed by atoms with Gasteiger partial charge in [-0.05, 0) is 37.1 Å². The number of pyridine rings is 1. The molecule has 2 rings (SSSR count). The third kappa shape index (κ3) is 3.07. The van der Waals surface area contributed by atoms with Gasteiger partial charge in [0, 0.05) is 33.0 Å². The fraction of sp³-hybridized carbons (Fsp3) is 0.571. The summed E-state index contributed by atoms with van der Waals surface area (Å²) in [6.45, 7) is 1.85. The van der Waals surface area contributed by atoms with E-state index in [1.54, 1.807) is 4.90 Å². The summed E-state index contributed by atoms with van der Waals surface area (Å²) in [4.78, 5) is 20.2. The summed E-state index contributed by atoms with van der Waals surface area (Å²) >= 11 is 0. The summed E-state index contributed by atoms with van der Waals surface area (Å²) in [7, 11) is 3.67. The van der Waals surface area contributed by atoms with Crippen LogP contribution in [0.25, 0.3) is 0 Å². The zero-order valence-corrected chi connectivity index (χ0v) is 11.2. The molecular formula is C14H21N3O. The molecule has 0 saturated carbocycles. The van der Waals surface area contributed by atoms with Crippen LogP contribution in [0.15, 0.2) is 24.5 Å². The third-order valence-electron chi connectivity index (χ3n) is 3.47. The van der Waals surface area contributed by atoms with Gasteiger partial charge in [0.15, 0.2) is 0 Å². The molecule has 1 aliphatic rings. The van der Waals surface area contributed by atoms with Crippen molar-refractivity contribution in [2.24, 2.45) is 0 Å². The fourth-order valence-corrected chi connectivity index (χ4v) is 2.48. The molecule has 0 N–H and O–H groups in total. The van der Waals surface area contributed by atoms with Crippen molar-refractivity contribution in [3.05, 3.63) is 30.1 Å². The molecule has 0 bridgehead atoms. The zero-order chi connectivity index (χ0) is 13.0. The summed E-state index contributed by atoms with van der Waals surface area (Å²) in [6.07, 6.45) is 6.92. The Labute approximate surface area is 109 Å². The molecule has 1 aliphatic heterocycles. The highest BCUT2D eigenvalue weighted by Crippen LogP contribution is 2.20. The Morgan fingerprint density at radius 1 is 1.39 bits per heavy atom. The van der Waals surface area contributed by atoms with E-state index in [1.165, 1.54) is 12.0 Å². The predicted molar refractivity (Wildman–Crippen MR) is 71.0 cm³/mol. The Morgan fingerprint density at radius 3 is 2.78 bits per heavy atom. The molecule has 1 aromatic rings. The van der Waals surface area contributed by atoms with Gasteiger partial charge >= 0.3 is 0 Å². The van der Waals surface area contributed by atoms with E-state index >= 15 is 0 Å². The second kappa shape index (κ2) is 5.96. The number of carbonyl (C=O) groups is 1. The van der Waals surface area contributed by atoms with Gasteiger partial charge in [0.05, 0.1) is 6.04 Å². The van der Waals surface area contributed by atoms with Gasteiger partial charge in [-0.25, -0.2) is 0 Å². The van der Waals surface area contributed by atoms with Crippen LogP contribution in [0.1, 0.15) is 24.8 Å². The maximum absolute atomic E-state index is 12.2. The van der Waals surface area contributed by atoms with Gasteiger partial charge in [0.25, 0.3) is 0 Å². The molecule has 0 aromatic carbocycles. The predicted octanol–water partition coefficient (Wildman–Crippen LogP) is 1.52. The standard InChI is InChI=1S/C14H21N3O/c1-16(2)14(18)13-5-3-4-10-17(13)11-12-6-8-15-9-7-12/h6-9,13H,3-5,10-11H2,1-2H3. The number of likely N-dealkylation sites (tertiary alicyclic amines) is 1. The van der Waals surface area contributed by atoms with Crippen LogP contribution in [-0.2, 0) is 11.3 Å². The highest BCUT2D eigenvalue weighted by molar-refractivity contribution is 5.81. The number of nitrogens with zero attached hydrogens (tertiary/aromatic N) is 3. The lowest BCUT2D eigenvalue weighted by Crippen LogP contribution is -2.48. The Hall–Kier alpha value is -1.42. The maximum Gasteiger partial charge on any atom is 0.239 e. The lowest BCUT2D eigenvalue weighted by Gasteiger charge is -2.36. The molecule has 2 heterocycles. The number of rotatable bonds is 3. The van der Waals surface area contributed by atoms with Gasteiger partial charge < -0.3 is 4.90 Å². The van der Waals surface area contributed by atoms with E-state index in [4.69, 9.17) is 0 Å². The van der Waals surface area contributed by atoms with Crippen molar-refractivity contribution in [1.29, 1.82) is 0 Å². The van der Waals surface area contributed by atoms with Gasteiger partial charge in [-0.15, -0.1) is 0 Å². The van der Waals surface area contributed by atoms with Gasteiger partial charge in [0.2, 0.25) is 5.91 Å². The molecule has 1 amide bonds. The average molecular weight is 247 g/mol. The van der Waals surface area contributed by atoms with Gasteiger partial charge in [-0.2, -0.15) is 0 Å². The van der Waals surface area contributed by atoms with Gasteiger partial charge in [-0.1, -0.05) is 6.42 Å². The van der Waals surface area contributed by atoms with E-state index in [0.717, 1.165) is 25.9 Å². The number of aromatic nitrogens is 1. The minimum atomic E-state index is 0.0434. The van der Waals surface area contributed by atoms with Crippen molar-refractivity contribution in [3.8, 4) is 0 Å². The summed E-state index contributed by atoms with van der Waals surface area (Å²) in [6, 6.07) is 4.08. The van der Waals surface area contributed by atoms with Gasteiger partial charge in [-0.3, -0.25) is 14.7 Å². The Kier molecular flexibility index (Phi) is 4.31. The molecule has 1 aromatic heterocycles. The zero-order valence-electron chi connectivity index (χ0n) is 11.2. The normalized spacial score (nSPS) is 20.7. The SMILES string of the molecule is CN(C)C(=O)C1CCCCN1Cc1ccncc1. The Bertz CT molecular complexity index is 391. The second-order valence-electron chi connectivity index (χ2n) is 5.07. The molecule has 0 spiro atoms. The Morgan fingerprint density at radius 2 is 2.11 bits per heavy atom. The molecular weight excluding hydrogens is 226 g/mol. The molecule has 4 heteroatoms. The smallest absolute Gasteiger partial charge is 0.239 e. The third-order valence-corrected chi connectivity index (χ3v) is 3.47. The van der Waals surface area contributed by atoms with E-state index < -0.39 is 0 Å². The van der Waals surface area contributed by atoms with Crippen molar-refractivity contribution >= 4 is 5.91 Å². The molecule has 1 unspecified atom stereocenters. The molecule has 18 heavy (non-hydrogen) atoms. The largest absolute Gasteiger partial charge is 0.347 e. The van der Waals surface area contributed by atoms with Crippen molar-refractivity contribution in [2.75, 3.05) is 20.6 Å². The van der Waals surface area contributed by atoms with Crippen LogP contribution >= 0.6 is 0 Å². The number of piperidine rings is 1. The number of carbonyl (C=O) groups excluding carboxylic acids is 1. The molecule has 1 saturated heterocycles. The van der Waals surface area contributed by atoms with Crippen LogP contribution in [0.5, 0.6) is 0 Å². The molecule has 0 aliphatic carbocycles.